The number of hydrogen-bond donors (Lipinski definition) is 6. The zero-order valence-corrected chi connectivity index (χ0v) is 62.5. The van der Waals surface area contributed by atoms with Gasteiger partial charge in [-0.25, -0.2) is 0 Å². The summed E-state index contributed by atoms with van der Waals surface area (Å²) in [6.45, 7) is 4.42. The molecule has 1 fully saturated rings. The van der Waals surface area contributed by atoms with Crippen molar-refractivity contribution in [3.8, 4) is 0 Å². The second-order valence-electron chi connectivity index (χ2n) is 29.6. The van der Waals surface area contributed by atoms with E-state index in [1.807, 2.05) is 6.08 Å². The maximum absolute atomic E-state index is 13.1. The van der Waals surface area contributed by atoms with Crippen LogP contribution in [-0.4, -0.2) is 100 Å². The van der Waals surface area contributed by atoms with Gasteiger partial charge in [0.1, 0.15) is 24.4 Å². The third kappa shape index (κ3) is 60.4. The molecule has 0 radical (unpaired) electrons. The Balaban J connectivity index is 1.88. The van der Waals surface area contributed by atoms with Crippen molar-refractivity contribution in [3.05, 3.63) is 12.2 Å². The van der Waals surface area contributed by atoms with Gasteiger partial charge < -0.3 is 45.1 Å². The molecule has 11 nitrogen and oxygen atoms in total. The van der Waals surface area contributed by atoms with E-state index in [2.05, 4.69) is 19.2 Å². The van der Waals surface area contributed by atoms with Crippen LogP contribution in [0.15, 0.2) is 12.2 Å². The first-order valence-electron chi connectivity index (χ1n) is 42.0. The quantitative estimate of drug-likeness (QED) is 0.0195. The Morgan fingerprint density at radius 2 is 0.670 bits per heavy atom. The fourth-order valence-electron chi connectivity index (χ4n) is 13.9. The molecule has 0 aromatic rings. The van der Waals surface area contributed by atoms with Crippen LogP contribution in [0.5, 0.6) is 0 Å². The molecular formula is C83H161NO10. The topological polar surface area (TPSA) is 175 Å². The van der Waals surface area contributed by atoms with Crippen molar-refractivity contribution in [2.75, 3.05) is 19.8 Å². The van der Waals surface area contributed by atoms with Gasteiger partial charge in [-0.2, -0.15) is 0 Å². The number of hydrogen-bond acceptors (Lipinski definition) is 10. The summed E-state index contributed by atoms with van der Waals surface area (Å²) < 4.78 is 16.8. The molecule has 11 heteroatoms. The van der Waals surface area contributed by atoms with Gasteiger partial charge >= 0.3 is 5.97 Å². The predicted octanol–water partition coefficient (Wildman–Crippen LogP) is 22.9. The number of esters is 1. The molecule has 7 unspecified atom stereocenters. The number of allylic oxidation sites excluding steroid dienone is 1. The highest BCUT2D eigenvalue weighted by molar-refractivity contribution is 5.76. The van der Waals surface area contributed by atoms with Crippen molar-refractivity contribution in [1.82, 2.24) is 5.32 Å². The van der Waals surface area contributed by atoms with Gasteiger partial charge in [-0.1, -0.05) is 411 Å². The van der Waals surface area contributed by atoms with Crippen molar-refractivity contribution in [1.29, 1.82) is 0 Å². The number of carbonyl (C=O) groups is 2. The average molecular weight is 1330 g/mol. The van der Waals surface area contributed by atoms with E-state index in [1.165, 1.54) is 366 Å². The summed E-state index contributed by atoms with van der Waals surface area (Å²) in [5, 5.41) is 54.7. The lowest BCUT2D eigenvalue weighted by Crippen LogP contribution is -2.60. The fraction of sp³-hybridized carbons (Fsp3) is 0.952. The summed E-state index contributed by atoms with van der Waals surface area (Å²) in [6, 6.07) is -0.805. The van der Waals surface area contributed by atoms with Gasteiger partial charge in [-0.05, 0) is 32.1 Å². The van der Waals surface area contributed by atoms with Crippen LogP contribution in [0.1, 0.15) is 444 Å². The molecule has 558 valence electrons. The Bertz CT molecular complexity index is 1560. The fourth-order valence-corrected chi connectivity index (χ4v) is 13.9. The van der Waals surface area contributed by atoms with E-state index in [0.29, 0.717) is 19.4 Å². The Morgan fingerprint density at radius 1 is 0.383 bits per heavy atom. The summed E-state index contributed by atoms with van der Waals surface area (Å²) >= 11 is 0. The van der Waals surface area contributed by atoms with Crippen LogP contribution in [-0.2, 0) is 23.8 Å². The van der Waals surface area contributed by atoms with Crippen molar-refractivity contribution in [3.63, 3.8) is 0 Å². The van der Waals surface area contributed by atoms with Gasteiger partial charge in [-0.15, -0.1) is 0 Å². The zero-order valence-electron chi connectivity index (χ0n) is 62.5. The van der Waals surface area contributed by atoms with Crippen LogP contribution in [0.3, 0.4) is 0 Å². The lowest BCUT2D eigenvalue weighted by Gasteiger charge is -2.40. The molecule has 1 aliphatic heterocycles. The number of nitrogens with one attached hydrogen (secondary N) is 1. The molecule has 0 bridgehead atoms. The smallest absolute Gasteiger partial charge is 0.305 e. The standard InChI is InChI=1S/C83H161NO10/c1-3-5-7-9-11-13-15-17-43-46-49-53-57-61-65-69-76(86)75(74-93-83-82(91)81(90)80(89)77(73-85)94-83)84-78(87)70-66-62-58-54-50-47-44-41-39-37-35-33-31-29-27-25-23-21-19-18-20-22-24-26-28-30-32-34-36-38-40-42-45-48-52-56-60-64-68-72-92-79(88)71-67-63-59-55-51-16-14-12-10-8-6-4-2/h65,69,75-77,80-83,85-86,89-91H,3-64,66-68,70-74H2,1-2H3,(H,84,87)/b69-65+. The predicted molar refractivity (Wildman–Crippen MR) is 398 cm³/mol. The summed E-state index contributed by atoms with van der Waals surface area (Å²) in [5.74, 6) is -0.151. The van der Waals surface area contributed by atoms with Crippen LogP contribution in [0, 0.1) is 0 Å². The first-order chi connectivity index (χ1) is 46.2. The van der Waals surface area contributed by atoms with E-state index in [1.54, 1.807) is 6.08 Å². The molecule has 0 aromatic heterocycles. The lowest BCUT2D eigenvalue weighted by atomic mass is 9.99. The number of ether oxygens (including phenoxy) is 3. The van der Waals surface area contributed by atoms with E-state index in [9.17, 15) is 35.1 Å². The normalized spacial score (nSPS) is 17.4. The van der Waals surface area contributed by atoms with Crippen LogP contribution < -0.4 is 5.32 Å². The molecule has 1 rings (SSSR count). The Hall–Kier alpha value is -1.60. The third-order valence-electron chi connectivity index (χ3n) is 20.4. The van der Waals surface area contributed by atoms with Gasteiger partial charge in [0.2, 0.25) is 5.91 Å². The van der Waals surface area contributed by atoms with E-state index in [-0.39, 0.29) is 18.5 Å². The van der Waals surface area contributed by atoms with Crippen LogP contribution in [0.25, 0.3) is 0 Å². The monoisotopic (exact) mass is 1330 g/mol. The number of aliphatic hydroxyl groups excluding tert-OH is 5. The molecule has 7 atom stereocenters. The summed E-state index contributed by atoms with van der Waals surface area (Å²) in [6.07, 6.45) is 82.6. The maximum Gasteiger partial charge on any atom is 0.305 e. The third-order valence-corrected chi connectivity index (χ3v) is 20.4. The highest BCUT2D eigenvalue weighted by atomic mass is 16.7. The molecule has 0 aliphatic carbocycles. The van der Waals surface area contributed by atoms with Crippen molar-refractivity contribution in [2.45, 2.75) is 487 Å². The molecule has 1 saturated heterocycles. The number of rotatable bonds is 76. The highest BCUT2D eigenvalue weighted by Gasteiger charge is 2.44. The van der Waals surface area contributed by atoms with Crippen molar-refractivity contribution < 1.29 is 49.3 Å². The minimum Gasteiger partial charge on any atom is -0.466 e. The SMILES string of the molecule is CCCCCCCCCCCCCCC/C=C/C(O)C(COC1OC(CO)C(O)C(O)C1O)NC(=O)CCCCCCCCCCCCCCCCCCCCCCCCCCCCCCCCCCCCCCCCCOC(=O)CCCCCCCCCCCCCC. The van der Waals surface area contributed by atoms with Gasteiger partial charge in [-0.3, -0.25) is 9.59 Å². The molecule has 94 heavy (non-hydrogen) atoms. The second kappa shape index (κ2) is 72.6. The van der Waals surface area contributed by atoms with E-state index >= 15 is 0 Å². The van der Waals surface area contributed by atoms with Crippen molar-refractivity contribution >= 4 is 11.9 Å². The number of unbranched alkanes of at least 4 members (excludes halogenated alkanes) is 62. The Morgan fingerprint density at radius 3 is 0.989 bits per heavy atom. The molecular weight excluding hydrogens is 1170 g/mol. The van der Waals surface area contributed by atoms with Crippen LogP contribution >= 0.6 is 0 Å². The maximum atomic E-state index is 13.1. The molecule has 6 N–H and O–H groups in total. The molecule has 0 spiro atoms. The molecule has 1 aliphatic rings. The lowest BCUT2D eigenvalue weighted by molar-refractivity contribution is -0.302. The first kappa shape index (κ1) is 90.4. The van der Waals surface area contributed by atoms with E-state index in [0.717, 1.165) is 51.4 Å². The largest absolute Gasteiger partial charge is 0.466 e. The van der Waals surface area contributed by atoms with Gasteiger partial charge in [0.25, 0.3) is 0 Å². The minimum atomic E-state index is -1.57. The molecule has 1 amide bonds. The summed E-state index contributed by atoms with van der Waals surface area (Å²) in [5.41, 5.74) is 0. The summed E-state index contributed by atoms with van der Waals surface area (Å²) in [7, 11) is 0. The summed E-state index contributed by atoms with van der Waals surface area (Å²) in [4.78, 5) is 25.2. The molecule has 0 saturated carbocycles. The van der Waals surface area contributed by atoms with E-state index in [4.69, 9.17) is 14.2 Å². The van der Waals surface area contributed by atoms with E-state index < -0.39 is 49.5 Å². The van der Waals surface area contributed by atoms with Crippen molar-refractivity contribution in [2.24, 2.45) is 0 Å². The Kier molecular flexibility index (Phi) is 69.9. The number of aliphatic hydroxyl groups is 5. The number of amides is 1. The van der Waals surface area contributed by atoms with Crippen LogP contribution in [0.4, 0.5) is 0 Å². The average Bonchev–Trinajstić information content (AvgIpc) is 0.831. The van der Waals surface area contributed by atoms with Gasteiger partial charge in [0, 0.05) is 12.8 Å². The zero-order chi connectivity index (χ0) is 67.9. The number of carbonyl (C=O) groups excluding carboxylic acids is 2. The highest BCUT2D eigenvalue weighted by Crippen LogP contribution is 2.24. The second-order valence-corrected chi connectivity index (χ2v) is 29.6. The molecule has 0 aromatic carbocycles. The first-order valence-corrected chi connectivity index (χ1v) is 42.0. The Labute approximate surface area is 582 Å². The minimum absolute atomic E-state index is 0.0202. The van der Waals surface area contributed by atoms with Gasteiger partial charge in [0.05, 0.1) is 32.0 Å². The van der Waals surface area contributed by atoms with Crippen LogP contribution in [0.2, 0.25) is 0 Å². The van der Waals surface area contributed by atoms with Gasteiger partial charge in [0.15, 0.2) is 6.29 Å². The molecule has 1 heterocycles.